The first kappa shape index (κ1) is 21.1. The van der Waals surface area contributed by atoms with Crippen LogP contribution in [0.25, 0.3) is 5.57 Å². The molecular formula is C23H26F3N3. The number of rotatable bonds is 6. The molecule has 2 aromatic rings. The molecule has 0 saturated heterocycles. The Labute approximate surface area is 169 Å². The number of halogens is 3. The number of allylic oxidation sites excluding steroid dienone is 2. The van der Waals surface area contributed by atoms with Crippen molar-refractivity contribution < 1.29 is 13.2 Å². The van der Waals surface area contributed by atoms with Crippen molar-refractivity contribution in [3.05, 3.63) is 71.5 Å². The first-order valence-corrected chi connectivity index (χ1v) is 9.68. The van der Waals surface area contributed by atoms with E-state index in [2.05, 4.69) is 16.7 Å². The molecule has 0 bridgehead atoms. The van der Waals surface area contributed by atoms with Crippen LogP contribution in [0.1, 0.15) is 48.1 Å². The van der Waals surface area contributed by atoms with Crippen LogP contribution in [0.3, 0.4) is 0 Å². The molecule has 3 rings (SSSR count). The third kappa shape index (κ3) is 4.69. The molecule has 1 aromatic heterocycles. The minimum absolute atomic E-state index is 0.192. The Kier molecular flexibility index (Phi) is 6.10. The molecule has 3 nitrogen and oxygen atoms in total. The Morgan fingerprint density at radius 3 is 2.79 bits per heavy atom. The van der Waals surface area contributed by atoms with Crippen LogP contribution < -0.4 is 0 Å². The average Bonchev–Trinajstić information content (AvgIpc) is 3.19. The summed E-state index contributed by atoms with van der Waals surface area (Å²) >= 11 is 0. The van der Waals surface area contributed by atoms with E-state index in [1.54, 1.807) is 42.3 Å². The molecule has 2 unspecified atom stereocenters. The summed E-state index contributed by atoms with van der Waals surface area (Å²) in [6.07, 6.45) is 6.34. The molecule has 1 saturated carbocycles. The van der Waals surface area contributed by atoms with E-state index in [1.165, 1.54) is 12.3 Å². The molecule has 2 atom stereocenters. The van der Waals surface area contributed by atoms with E-state index in [-0.39, 0.29) is 30.5 Å². The van der Waals surface area contributed by atoms with Gasteiger partial charge in [0.05, 0.1) is 0 Å². The number of nitrogens with zero attached hydrogens (tertiary/aromatic N) is 3. The van der Waals surface area contributed by atoms with Crippen molar-refractivity contribution in [2.75, 3.05) is 0 Å². The van der Waals surface area contributed by atoms with Crippen molar-refractivity contribution in [3.8, 4) is 0 Å². The molecule has 0 amide bonds. The highest BCUT2D eigenvalue weighted by molar-refractivity contribution is 5.84. The van der Waals surface area contributed by atoms with Crippen molar-refractivity contribution in [3.63, 3.8) is 0 Å². The molecule has 0 spiro atoms. The van der Waals surface area contributed by atoms with Gasteiger partial charge in [0.2, 0.25) is 5.92 Å². The SMILES string of the molecule is C=C/N=C\C=C(/C)c1cc(C)c(CC2CC(F)(F)CC2c2ccnn2C)cc1F. The Morgan fingerprint density at radius 1 is 1.38 bits per heavy atom. The number of benzene rings is 1. The van der Waals surface area contributed by atoms with Gasteiger partial charge in [-0.3, -0.25) is 9.67 Å². The number of alkyl halides is 2. The van der Waals surface area contributed by atoms with Gasteiger partial charge in [-0.15, -0.1) is 0 Å². The molecule has 1 aromatic carbocycles. The zero-order valence-corrected chi connectivity index (χ0v) is 17.0. The lowest BCUT2D eigenvalue weighted by Gasteiger charge is -2.20. The molecule has 1 heterocycles. The molecule has 6 heteroatoms. The predicted octanol–water partition coefficient (Wildman–Crippen LogP) is 5.86. The fourth-order valence-corrected chi connectivity index (χ4v) is 4.24. The molecule has 0 N–H and O–H groups in total. The van der Waals surface area contributed by atoms with Crippen LogP contribution in [-0.4, -0.2) is 21.9 Å². The lowest BCUT2D eigenvalue weighted by molar-refractivity contribution is 0.00405. The van der Waals surface area contributed by atoms with Crippen LogP contribution in [0.5, 0.6) is 0 Å². The van der Waals surface area contributed by atoms with E-state index < -0.39 is 5.92 Å². The number of aryl methyl sites for hydroxylation is 2. The number of hydrogen-bond donors (Lipinski definition) is 0. The van der Waals surface area contributed by atoms with Gasteiger partial charge in [-0.25, -0.2) is 13.2 Å². The zero-order valence-electron chi connectivity index (χ0n) is 17.0. The summed E-state index contributed by atoms with van der Waals surface area (Å²) in [5, 5.41) is 4.13. The summed E-state index contributed by atoms with van der Waals surface area (Å²) in [6, 6.07) is 5.07. The summed E-state index contributed by atoms with van der Waals surface area (Å²) in [5.74, 6) is -3.62. The third-order valence-corrected chi connectivity index (χ3v) is 5.74. The Balaban J connectivity index is 1.88. The monoisotopic (exact) mass is 401 g/mol. The lowest BCUT2D eigenvalue weighted by Crippen LogP contribution is -2.14. The van der Waals surface area contributed by atoms with Crippen LogP contribution in [0.2, 0.25) is 0 Å². The van der Waals surface area contributed by atoms with Gasteiger partial charge in [-0.2, -0.15) is 5.10 Å². The highest BCUT2D eigenvalue weighted by Gasteiger charge is 2.47. The quantitative estimate of drug-likeness (QED) is 0.558. The summed E-state index contributed by atoms with van der Waals surface area (Å²) in [7, 11) is 1.77. The molecule has 0 aliphatic heterocycles. The normalized spacial score (nSPS) is 21.8. The smallest absolute Gasteiger partial charge is 0.249 e. The highest BCUT2D eigenvalue weighted by atomic mass is 19.3. The van der Waals surface area contributed by atoms with Gasteiger partial charge in [0.15, 0.2) is 0 Å². The van der Waals surface area contributed by atoms with Crippen molar-refractivity contribution in [2.45, 2.75) is 45.0 Å². The third-order valence-electron chi connectivity index (χ3n) is 5.74. The highest BCUT2D eigenvalue weighted by Crippen LogP contribution is 2.49. The maximum Gasteiger partial charge on any atom is 0.249 e. The maximum atomic E-state index is 14.8. The predicted molar refractivity (Wildman–Crippen MR) is 111 cm³/mol. The number of hydrogen-bond acceptors (Lipinski definition) is 2. The Bertz CT molecular complexity index is 956. The minimum atomic E-state index is -2.71. The van der Waals surface area contributed by atoms with Crippen molar-refractivity contribution in [1.82, 2.24) is 9.78 Å². The fourth-order valence-electron chi connectivity index (χ4n) is 4.24. The van der Waals surface area contributed by atoms with Crippen molar-refractivity contribution in [1.29, 1.82) is 0 Å². The second-order valence-electron chi connectivity index (χ2n) is 7.80. The number of aromatic nitrogens is 2. The maximum absolute atomic E-state index is 14.8. The largest absolute Gasteiger partial charge is 0.272 e. The molecule has 0 radical (unpaired) electrons. The molecular weight excluding hydrogens is 375 g/mol. The van der Waals surface area contributed by atoms with Crippen LogP contribution >= 0.6 is 0 Å². The van der Waals surface area contributed by atoms with E-state index in [1.807, 2.05) is 13.8 Å². The van der Waals surface area contributed by atoms with E-state index in [9.17, 15) is 13.2 Å². The molecule has 1 aliphatic carbocycles. The van der Waals surface area contributed by atoms with Gasteiger partial charge in [0.25, 0.3) is 0 Å². The van der Waals surface area contributed by atoms with Gasteiger partial charge in [0, 0.05) is 55.7 Å². The number of aliphatic imine (C=N–C) groups is 1. The van der Waals surface area contributed by atoms with Gasteiger partial charge in [-0.05, 0) is 67.2 Å². The zero-order chi connectivity index (χ0) is 21.2. The first-order chi connectivity index (χ1) is 13.7. The van der Waals surface area contributed by atoms with Gasteiger partial charge in [-0.1, -0.05) is 6.58 Å². The van der Waals surface area contributed by atoms with Crippen molar-refractivity contribution >= 4 is 11.8 Å². The topological polar surface area (TPSA) is 30.2 Å². The van der Waals surface area contributed by atoms with Crippen molar-refractivity contribution in [2.24, 2.45) is 18.0 Å². The minimum Gasteiger partial charge on any atom is -0.272 e. The Morgan fingerprint density at radius 2 is 2.14 bits per heavy atom. The first-order valence-electron chi connectivity index (χ1n) is 9.68. The standard InChI is InChI=1S/C23H26F3N3/c1-5-27-8-6-15(2)19-10-16(3)17(12-21(19)24)11-18-13-23(25,26)14-20(18)22-7-9-28-29(22)4/h5-10,12,18,20H,1,11,13-14H2,2-4H3/b15-6+,27-8-. The van der Waals surface area contributed by atoms with E-state index >= 15 is 0 Å². The fraction of sp³-hybridized carbons (Fsp3) is 0.391. The van der Waals surface area contributed by atoms with Crippen LogP contribution in [0.15, 0.2) is 48.2 Å². The lowest BCUT2D eigenvalue weighted by atomic mass is 9.85. The second-order valence-corrected chi connectivity index (χ2v) is 7.80. The summed E-state index contributed by atoms with van der Waals surface area (Å²) < 4.78 is 44.9. The summed E-state index contributed by atoms with van der Waals surface area (Å²) in [5.41, 5.74) is 3.70. The van der Waals surface area contributed by atoms with E-state index in [0.717, 1.165) is 22.4 Å². The molecule has 154 valence electrons. The molecule has 1 fully saturated rings. The van der Waals surface area contributed by atoms with Crippen LogP contribution in [0.4, 0.5) is 13.2 Å². The van der Waals surface area contributed by atoms with Crippen LogP contribution in [-0.2, 0) is 13.5 Å². The summed E-state index contributed by atoms with van der Waals surface area (Å²) in [6.45, 7) is 7.21. The van der Waals surface area contributed by atoms with Gasteiger partial charge >= 0.3 is 0 Å². The van der Waals surface area contributed by atoms with Crippen LogP contribution in [0, 0.1) is 18.7 Å². The van der Waals surface area contributed by atoms with Gasteiger partial charge < -0.3 is 0 Å². The Hall–Kier alpha value is -2.63. The second kappa shape index (κ2) is 8.39. The molecule has 29 heavy (non-hydrogen) atoms. The average molecular weight is 401 g/mol. The summed E-state index contributed by atoms with van der Waals surface area (Å²) in [4.78, 5) is 3.89. The van der Waals surface area contributed by atoms with E-state index in [0.29, 0.717) is 12.0 Å². The molecule has 1 aliphatic rings. The van der Waals surface area contributed by atoms with Gasteiger partial charge in [0.1, 0.15) is 5.82 Å². The van der Waals surface area contributed by atoms with E-state index in [4.69, 9.17) is 0 Å².